The zero-order valence-electron chi connectivity index (χ0n) is 13.1. The number of hydrogen-bond donors (Lipinski definition) is 2. The Morgan fingerprint density at radius 2 is 2.04 bits per heavy atom. The minimum Gasteiger partial charge on any atom is -0.502 e. The molecule has 7 nitrogen and oxygen atoms in total. The lowest BCUT2D eigenvalue weighted by molar-refractivity contribution is -0.385. The number of fused-ring (bicyclic) bond motifs is 1. The zero-order valence-corrected chi connectivity index (χ0v) is 13.1. The van der Waals surface area contributed by atoms with E-state index in [9.17, 15) is 20.0 Å². The SMILES string of the molecule is CCCN1C(=O)c2ccccc2N[C@H]1c1ccc(O)c([N+](=O)[O-])c1. The number of aromatic hydroxyl groups is 1. The van der Waals surface area contributed by atoms with Gasteiger partial charge in [-0.2, -0.15) is 0 Å². The summed E-state index contributed by atoms with van der Waals surface area (Å²) in [5.74, 6) is -0.514. The summed E-state index contributed by atoms with van der Waals surface area (Å²) >= 11 is 0. The predicted octanol–water partition coefficient (Wildman–Crippen LogP) is 3.28. The lowest BCUT2D eigenvalue weighted by atomic mass is 10.0. The minimum atomic E-state index is -0.637. The second-order valence-electron chi connectivity index (χ2n) is 5.60. The van der Waals surface area contributed by atoms with Crippen molar-refractivity contribution in [3.05, 3.63) is 63.7 Å². The van der Waals surface area contributed by atoms with E-state index in [2.05, 4.69) is 5.32 Å². The molecule has 0 aromatic heterocycles. The van der Waals surface area contributed by atoms with Gasteiger partial charge in [0.05, 0.1) is 10.5 Å². The van der Waals surface area contributed by atoms with Gasteiger partial charge >= 0.3 is 5.69 Å². The normalized spacial score (nSPS) is 16.5. The van der Waals surface area contributed by atoms with Crippen molar-refractivity contribution in [2.24, 2.45) is 0 Å². The molecule has 1 aliphatic heterocycles. The number of carbonyl (C=O) groups excluding carboxylic acids is 1. The number of amides is 1. The first-order valence-corrected chi connectivity index (χ1v) is 7.66. The average molecular weight is 327 g/mol. The lowest BCUT2D eigenvalue weighted by Gasteiger charge is -2.38. The van der Waals surface area contributed by atoms with Gasteiger partial charge in [0.25, 0.3) is 5.91 Å². The molecule has 1 heterocycles. The van der Waals surface area contributed by atoms with Crippen molar-refractivity contribution in [3.63, 3.8) is 0 Å². The number of phenolic OH excluding ortho intramolecular Hbond substituents is 1. The third kappa shape index (κ3) is 2.64. The van der Waals surface area contributed by atoms with E-state index in [-0.39, 0.29) is 11.6 Å². The van der Waals surface area contributed by atoms with E-state index in [1.54, 1.807) is 29.2 Å². The van der Waals surface area contributed by atoms with E-state index < -0.39 is 16.8 Å². The summed E-state index contributed by atoms with van der Waals surface area (Å²) in [5, 5.41) is 24.0. The minimum absolute atomic E-state index is 0.119. The third-order valence-corrected chi connectivity index (χ3v) is 4.00. The van der Waals surface area contributed by atoms with Gasteiger partial charge < -0.3 is 15.3 Å². The molecule has 1 atom stereocenters. The van der Waals surface area contributed by atoms with Gasteiger partial charge in [0.1, 0.15) is 6.17 Å². The molecule has 0 aliphatic carbocycles. The molecule has 7 heteroatoms. The summed E-state index contributed by atoms with van der Waals surface area (Å²) in [5.41, 5.74) is 1.44. The zero-order chi connectivity index (χ0) is 17.3. The third-order valence-electron chi connectivity index (χ3n) is 4.00. The van der Waals surface area contributed by atoms with Crippen LogP contribution in [-0.4, -0.2) is 27.4 Å². The molecular formula is C17H17N3O4. The van der Waals surface area contributed by atoms with Crippen molar-refractivity contribution >= 4 is 17.3 Å². The van der Waals surface area contributed by atoms with Gasteiger partial charge in [-0.05, 0) is 24.6 Å². The van der Waals surface area contributed by atoms with Crippen LogP contribution in [0.1, 0.15) is 35.4 Å². The average Bonchev–Trinajstić information content (AvgIpc) is 2.57. The summed E-state index contributed by atoms with van der Waals surface area (Å²) in [4.78, 5) is 24.9. The molecule has 0 unspecified atom stereocenters. The van der Waals surface area contributed by atoms with Gasteiger partial charge in [0, 0.05) is 23.9 Å². The van der Waals surface area contributed by atoms with Gasteiger partial charge in [0.15, 0.2) is 5.75 Å². The standard InChI is InChI=1S/C17H17N3O4/c1-2-9-19-16(11-7-8-15(21)14(10-11)20(23)24)18-13-6-4-3-5-12(13)17(19)22/h3-8,10,16,18,21H,2,9H2,1H3/t16-/m1/s1. The molecule has 2 aromatic rings. The van der Waals surface area contributed by atoms with E-state index in [1.165, 1.54) is 12.1 Å². The van der Waals surface area contributed by atoms with E-state index >= 15 is 0 Å². The van der Waals surface area contributed by atoms with Gasteiger partial charge in [-0.15, -0.1) is 0 Å². The number of nitro benzene ring substituents is 1. The van der Waals surface area contributed by atoms with Crippen LogP contribution in [0.4, 0.5) is 11.4 Å². The number of benzene rings is 2. The van der Waals surface area contributed by atoms with Crippen LogP contribution in [0.3, 0.4) is 0 Å². The maximum atomic E-state index is 12.8. The summed E-state index contributed by atoms with van der Waals surface area (Å²) in [6, 6.07) is 11.4. The van der Waals surface area contributed by atoms with Crippen LogP contribution in [0.25, 0.3) is 0 Å². The van der Waals surface area contributed by atoms with Crippen LogP contribution in [-0.2, 0) is 0 Å². The monoisotopic (exact) mass is 327 g/mol. The summed E-state index contributed by atoms with van der Waals surface area (Å²) < 4.78 is 0. The summed E-state index contributed by atoms with van der Waals surface area (Å²) in [6.45, 7) is 2.48. The Hall–Kier alpha value is -3.09. The first-order chi connectivity index (χ1) is 11.5. The summed E-state index contributed by atoms with van der Waals surface area (Å²) in [6.07, 6.45) is 0.235. The smallest absolute Gasteiger partial charge is 0.311 e. The quantitative estimate of drug-likeness (QED) is 0.663. The second-order valence-corrected chi connectivity index (χ2v) is 5.60. The highest BCUT2D eigenvalue weighted by molar-refractivity contribution is 6.01. The predicted molar refractivity (Wildman–Crippen MR) is 88.9 cm³/mol. The second kappa shape index (κ2) is 6.19. The molecular weight excluding hydrogens is 310 g/mol. The highest BCUT2D eigenvalue weighted by Gasteiger charge is 2.33. The highest BCUT2D eigenvalue weighted by Crippen LogP contribution is 2.36. The molecule has 1 aliphatic rings. The molecule has 3 rings (SSSR count). The topological polar surface area (TPSA) is 95.7 Å². The van der Waals surface area contributed by atoms with Crippen LogP contribution < -0.4 is 5.32 Å². The number of anilines is 1. The van der Waals surface area contributed by atoms with E-state index in [4.69, 9.17) is 0 Å². The number of phenols is 1. The number of nitro groups is 1. The first-order valence-electron chi connectivity index (χ1n) is 7.66. The van der Waals surface area contributed by atoms with Crippen LogP contribution >= 0.6 is 0 Å². The van der Waals surface area contributed by atoms with E-state index in [0.29, 0.717) is 23.4 Å². The van der Waals surface area contributed by atoms with Crippen LogP contribution in [0.15, 0.2) is 42.5 Å². The maximum Gasteiger partial charge on any atom is 0.311 e. The van der Waals surface area contributed by atoms with Gasteiger partial charge in [-0.25, -0.2) is 0 Å². The van der Waals surface area contributed by atoms with Gasteiger partial charge in [-0.3, -0.25) is 14.9 Å². The first kappa shape index (κ1) is 15.8. The van der Waals surface area contributed by atoms with E-state index in [0.717, 1.165) is 6.42 Å². The molecule has 0 saturated heterocycles. The molecule has 0 spiro atoms. The Kier molecular flexibility index (Phi) is 4.07. The maximum absolute atomic E-state index is 12.8. The highest BCUT2D eigenvalue weighted by atomic mass is 16.6. The molecule has 0 fully saturated rings. The number of hydrogen-bond acceptors (Lipinski definition) is 5. The van der Waals surface area contributed by atoms with Gasteiger partial charge in [-0.1, -0.05) is 25.1 Å². The molecule has 0 radical (unpaired) electrons. The van der Waals surface area contributed by atoms with Crippen molar-refractivity contribution in [2.45, 2.75) is 19.5 Å². The number of nitrogens with one attached hydrogen (secondary N) is 1. The fourth-order valence-corrected chi connectivity index (χ4v) is 2.88. The Morgan fingerprint density at radius 1 is 1.29 bits per heavy atom. The Bertz CT molecular complexity index is 806. The number of nitrogens with zero attached hydrogens (tertiary/aromatic N) is 2. The molecule has 124 valence electrons. The largest absolute Gasteiger partial charge is 0.502 e. The van der Waals surface area contributed by atoms with Crippen molar-refractivity contribution in [1.29, 1.82) is 0 Å². The molecule has 2 aromatic carbocycles. The Morgan fingerprint density at radius 3 is 2.75 bits per heavy atom. The van der Waals surface area contributed by atoms with Gasteiger partial charge in [0.2, 0.25) is 0 Å². The Labute approximate surface area is 138 Å². The van der Waals surface area contributed by atoms with Crippen molar-refractivity contribution in [1.82, 2.24) is 4.90 Å². The Balaban J connectivity index is 2.07. The summed E-state index contributed by atoms with van der Waals surface area (Å²) in [7, 11) is 0. The van der Waals surface area contributed by atoms with Crippen molar-refractivity contribution < 1.29 is 14.8 Å². The molecule has 0 bridgehead atoms. The molecule has 2 N–H and O–H groups in total. The van der Waals surface area contributed by atoms with Crippen molar-refractivity contribution in [2.75, 3.05) is 11.9 Å². The fourth-order valence-electron chi connectivity index (χ4n) is 2.88. The van der Waals surface area contributed by atoms with E-state index in [1.807, 2.05) is 13.0 Å². The van der Waals surface area contributed by atoms with Crippen molar-refractivity contribution in [3.8, 4) is 5.75 Å². The fraction of sp³-hybridized carbons (Fsp3) is 0.235. The van der Waals surface area contributed by atoms with Crippen LogP contribution in [0.2, 0.25) is 0 Å². The number of rotatable bonds is 4. The molecule has 24 heavy (non-hydrogen) atoms. The number of para-hydroxylation sites is 1. The van der Waals surface area contributed by atoms with Crippen LogP contribution in [0.5, 0.6) is 5.75 Å². The lowest BCUT2D eigenvalue weighted by Crippen LogP contribution is -2.43. The number of carbonyl (C=O) groups is 1. The molecule has 0 saturated carbocycles. The molecule has 1 amide bonds. The van der Waals surface area contributed by atoms with Crippen LogP contribution in [0, 0.1) is 10.1 Å².